The largest absolute Gasteiger partial charge is 0.497 e. The molecule has 0 unspecified atom stereocenters. The number of hydrogen-bond acceptors (Lipinski definition) is 3. The Hall–Kier alpha value is -2.62. The SMILES string of the molecule is CNC(=O)c1ccccc1C(=O)c1ccc(OC)cc1. The number of hydrogen-bond donors (Lipinski definition) is 1. The lowest BCUT2D eigenvalue weighted by atomic mass is 9.98. The van der Waals surface area contributed by atoms with E-state index in [0.29, 0.717) is 22.4 Å². The van der Waals surface area contributed by atoms with Crippen molar-refractivity contribution < 1.29 is 14.3 Å². The lowest BCUT2D eigenvalue weighted by Crippen LogP contribution is -2.21. The van der Waals surface area contributed by atoms with Gasteiger partial charge in [0.15, 0.2) is 5.78 Å². The minimum absolute atomic E-state index is 0.188. The third-order valence-corrected chi connectivity index (χ3v) is 3.00. The highest BCUT2D eigenvalue weighted by atomic mass is 16.5. The van der Waals surface area contributed by atoms with Gasteiger partial charge in [0.25, 0.3) is 5.91 Å². The maximum Gasteiger partial charge on any atom is 0.251 e. The van der Waals surface area contributed by atoms with Crippen molar-refractivity contribution in [1.29, 1.82) is 0 Å². The van der Waals surface area contributed by atoms with Crippen LogP contribution in [-0.2, 0) is 0 Å². The molecule has 2 aromatic rings. The molecule has 4 heteroatoms. The van der Waals surface area contributed by atoms with Crippen LogP contribution < -0.4 is 10.1 Å². The van der Waals surface area contributed by atoms with Gasteiger partial charge >= 0.3 is 0 Å². The number of carbonyl (C=O) groups excluding carboxylic acids is 2. The van der Waals surface area contributed by atoms with Crippen molar-refractivity contribution in [1.82, 2.24) is 5.32 Å². The molecule has 0 aliphatic carbocycles. The molecule has 2 rings (SSSR count). The summed E-state index contributed by atoms with van der Waals surface area (Å²) in [5.41, 5.74) is 1.27. The van der Waals surface area contributed by atoms with Gasteiger partial charge in [-0.2, -0.15) is 0 Å². The van der Waals surface area contributed by atoms with Crippen LogP contribution in [0.1, 0.15) is 26.3 Å². The van der Waals surface area contributed by atoms with Gasteiger partial charge in [-0.15, -0.1) is 0 Å². The molecule has 0 spiro atoms. The summed E-state index contributed by atoms with van der Waals surface area (Å²) in [6.45, 7) is 0. The van der Waals surface area contributed by atoms with E-state index in [0.717, 1.165) is 0 Å². The van der Waals surface area contributed by atoms with Crippen molar-refractivity contribution >= 4 is 11.7 Å². The molecule has 0 saturated heterocycles. The van der Waals surface area contributed by atoms with Crippen LogP contribution in [0, 0.1) is 0 Å². The van der Waals surface area contributed by atoms with Gasteiger partial charge in [-0.25, -0.2) is 0 Å². The van der Waals surface area contributed by atoms with E-state index in [4.69, 9.17) is 4.74 Å². The molecule has 1 amide bonds. The fourth-order valence-electron chi connectivity index (χ4n) is 1.91. The third kappa shape index (κ3) is 2.69. The normalized spacial score (nSPS) is 9.90. The molecule has 0 aliphatic heterocycles. The molecule has 4 nitrogen and oxygen atoms in total. The van der Waals surface area contributed by atoms with Crippen LogP contribution in [0.5, 0.6) is 5.75 Å². The average Bonchev–Trinajstić information content (AvgIpc) is 2.53. The zero-order valence-electron chi connectivity index (χ0n) is 11.3. The van der Waals surface area contributed by atoms with Crippen molar-refractivity contribution in [2.24, 2.45) is 0 Å². The van der Waals surface area contributed by atoms with Gasteiger partial charge in [0, 0.05) is 18.2 Å². The van der Waals surface area contributed by atoms with E-state index in [1.807, 2.05) is 0 Å². The number of ketones is 1. The van der Waals surface area contributed by atoms with Crippen LogP contribution in [0.4, 0.5) is 0 Å². The summed E-state index contributed by atoms with van der Waals surface area (Å²) in [5.74, 6) is 0.218. The molecule has 0 atom stereocenters. The Balaban J connectivity index is 2.40. The number of methoxy groups -OCH3 is 1. The first kappa shape index (κ1) is 13.8. The zero-order chi connectivity index (χ0) is 14.5. The maximum atomic E-state index is 12.5. The first-order valence-electron chi connectivity index (χ1n) is 6.17. The zero-order valence-corrected chi connectivity index (χ0v) is 11.3. The number of ether oxygens (including phenoxy) is 1. The van der Waals surface area contributed by atoms with Crippen molar-refractivity contribution in [3.63, 3.8) is 0 Å². The smallest absolute Gasteiger partial charge is 0.251 e. The highest BCUT2D eigenvalue weighted by molar-refractivity contribution is 6.15. The van der Waals surface area contributed by atoms with Gasteiger partial charge in [-0.1, -0.05) is 18.2 Å². The lowest BCUT2D eigenvalue weighted by Gasteiger charge is -2.08. The fraction of sp³-hybridized carbons (Fsp3) is 0.125. The molecular weight excluding hydrogens is 254 g/mol. The Bertz CT molecular complexity index is 632. The second-order valence-corrected chi connectivity index (χ2v) is 4.18. The second kappa shape index (κ2) is 6.02. The number of amides is 1. The van der Waals surface area contributed by atoms with Gasteiger partial charge in [0.05, 0.1) is 12.7 Å². The monoisotopic (exact) mass is 269 g/mol. The van der Waals surface area contributed by atoms with Crippen molar-refractivity contribution in [2.45, 2.75) is 0 Å². The van der Waals surface area contributed by atoms with Gasteiger partial charge in [0.1, 0.15) is 5.75 Å². The minimum atomic E-state index is -0.275. The van der Waals surface area contributed by atoms with E-state index in [-0.39, 0.29) is 11.7 Å². The minimum Gasteiger partial charge on any atom is -0.497 e. The van der Waals surface area contributed by atoms with E-state index in [2.05, 4.69) is 5.32 Å². The summed E-state index contributed by atoms with van der Waals surface area (Å²) in [5, 5.41) is 2.54. The predicted octanol–water partition coefficient (Wildman–Crippen LogP) is 2.29. The topological polar surface area (TPSA) is 55.4 Å². The van der Waals surface area contributed by atoms with Gasteiger partial charge < -0.3 is 10.1 Å². The summed E-state index contributed by atoms with van der Waals surface area (Å²) < 4.78 is 5.06. The van der Waals surface area contributed by atoms with Gasteiger partial charge in [-0.05, 0) is 30.3 Å². The Kier molecular flexibility index (Phi) is 4.15. The molecule has 0 heterocycles. The molecule has 0 fully saturated rings. The van der Waals surface area contributed by atoms with Crippen molar-refractivity contribution in [3.8, 4) is 5.75 Å². The summed E-state index contributed by atoms with van der Waals surface area (Å²) in [6, 6.07) is 13.6. The van der Waals surface area contributed by atoms with Gasteiger partial charge in [0.2, 0.25) is 0 Å². The molecule has 20 heavy (non-hydrogen) atoms. The Morgan fingerprint density at radius 2 is 1.55 bits per heavy atom. The van der Waals surface area contributed by atoms with E-state index >= 15 is 0 Å². The average molecular weight is 269 g/mol. The second-order valence-electron chi connectivity index (χ2n) is 4.18. The standard InChI is InChI=1S/C16H15NO3/c1-17-16(19)14-6-4-3-5-13(14)15(18)11-7-9-12(20-2)10-8-11/h3-10H,1-2H3,(H,17,19). The number of benzene rings is 2. The molecule has 0 aliphatic rings. The molecule has 1 N–H and O–H groups in total. The molecule has 0 saturated carbocycles. The summed E-state index contributed by atoms with van der Waals surface area (Å²) in [7, 11) is 3.11. The Morgan fingerprint density at radius 3 is 2.10 bits per heavy atom. The molecule has 0 bridgehead atoms. The van der Waals surface area contributed by atoms with Crippen LogP contribution in [-0.4, -0.2) is 25.8 Å². The van der Waals surface area contributed by atoms with E-state index in [1.165, 1.54) is 7.05 Å². The van der Waals surface area contributed by atoms with E-state index < -0.39 is 0 Å². The van der Waals surface area contributed by atoms with Crippen LogP contribution in [0.2, 0.25) is 0 Å². The number of carbonyl (C=O) groups is 2. The number of nitrogens with one attached hydrogen (secondary N) is 1. The number of rotatable bonds is 4. The molecule has 0 radical (unpaired) electrons. The van der Waals surface area contributed by atoms with Crippen LogP contribution in [0.15, 0.2) is 48.5 Å². The van der Waals surface area contributed by atoms with Gasteiger partial charge in [-0.3, -0.25) is 9.59 Å². The van der Waals surface area contributed by atoms with Crippen LogP contribution >= 0.6 is 0 Å². The maximum absolute atomic E-state index is 12.5. The van der Waals surface area contributed by atoms with E-state index in [9.17, 15) is 9.59 Å². The highest BCUT2D eigenvalue weighted by Crippen LogP contribution is 2.17. The fourth-order valence-corrected chi connectivity index (χ4v) is 1.91. The molecule has 0 aromatic heterocycles. The van der Waals surface area contributed by atoms with E-state index in [1.54, 1.807) is 55.6 Å². The first-order chi connectivity index (χ1) is 9.67. The Labute approximate surface area is 117 Å². The quantitative estimate of drug-likeness (QED) is 0.866. The van der Waals surface area contributed by atoms with Crippen LogP contribution in [0.25, 0.3) is 0 Å². The molecule has 2 aromatic carbocycles. The van der Waals surface area contributed by atoms with Crippen LogP contribution in [0.3, 0.4) is 0 Å². The van der Waals surface area contributed by atoms with Crippen molar-refractivity contribution in [2.75, 3.05) is 14.2 Å². The Morgan fingerprint density at radius 1 is 0.950 bits per heavy atom. The summed E-state index contributed by atoms with van der Waals surface area (Å²) >= 11 is 0. The molecular formula is C16H15NO3. The van der Waals surface area contributed by atoms with Crippen molar-refractivity contribution in [3.05, 3.63) is 65.2 Å². The lowest BCUT2D eigenvalue weighted by molar-refractivity contribution is 0.0950. The highest BCUT2D eigenvalue weighted by Gasteiger charge is 2.17. The first-order valence-corrected chi connectivity index (χ1v) is 6.17. The summed E-state index contributed by atoms with van der Waals surface area (Å²) in [4.78, 5) is 24.3. The predicted molar refractivity (Wildman–Crippen MR) is 76.3 cm³/mol. The molecule has 102 valence electrons. The third-order valence-electron chi connectivity index (χ3n) is 3.00. The summed E-state index contributed by atoms with van der Waals surface area (Å²) in [6.07, 6.45) is 0.